The minimum absolute atomic E-state index is 0.0249. The van der Waals surface area contributed by atoms with E-state index in [0.29, 0.717) is 18.8 Å². The number of alkyl halides is 1. The smallest absolute Gasteiger partial charge is 0.229 e. The van der Waals surface area contributed by atoms with E-state index in [-0.39, 0.29) is 17.2 Å². The molecule has 14 heavy (non-hydrogen) atoms. The van der Waals surface area contributed by atoms with E-state index in [0.717, 1.165) is 0 Å². The number of nitrogens with zero attached hydrogens (tertiary/aromatic N) is 3. The van der Waals surface area contributed by atoms with Crippen LogP contribution in [-0.2, 0) is 4.79 Å². The number of nitrogens with two attached hydrogens (primary N) is 1. The van der Waals surface area contributed by atoms with Crippen LogP contribution in [0.4, 0.5) is 11.8 Å². The molecule has 74 valence electrons. The van der Waals surface area contributed by atoms with Gasteiger partial charge in [-0.2, -0.15) is 4.98 Å². The number of rotatable bonds is 1. The molecule has 0 aromatic carbocycles. The zero-order valence-electron chi connectivity index (χ0n) is 7.35. The summed E-state index contributed by atoms with van der Waals surface area (Å²) < 4.78 is 0. The van der Waals surface area contributed by atoms with Crippen LogP contribution in [0.2, 0.25) is 0 Å². The molecule has 1 atom stereocenters. The van der Waals surface area contributed by atoms with Crippen LogP contribution in [0.5, 0.6) is 0 Å². The summed E-state index contributed by atoms with van der Waals surface area (Å²) in [4.78, 5) is 20.7. The first-order valence-corrected chi connectivity index (χ1v) is 4.63. The molecule has 0 radical (unpaired) electrons. The standard InChI is InChI=1S/C8H9ClN4O/c9-5-3-7(14)13(4-5)6-1-2-11-8(10)12-6/h1-2,5H,3-4H2,(H2,10,11,12). The van der Waals surface area contributed by atoms with E-state index >= 15 is 0 Å². The van der Waals surface area contributed by atoms with Crippen molar-refractivity contribution in [3.63, 3.8) is 0 Å². The molecule has 1 aliphatic heterocycles. The highest BCUT2D eigenvalue weighted by Crippen LogP contribution is 2.22. The molecule has 1 aromatic heterocycles. The minimum Gasteiger partial charge on any atom is -0.368 e. The number of carbonyl (C=O) groups excluding carboxylic acids is 1. The van der Waals surface area contributed by atoms with E-state index in [2.05, 4.69) is 9.97 Å². The molecule has 6 heteroatoms. The average molecular weight is 213 g/mol. The van der Waals surface area contributed by atoms with Gasteiger partial charge in [-0.25, -0.2) is 4.98 Å². The van der Waals surface area contributed by atoms with Crippen LogP contribution in [0, 0.1) is 0 Å². The number of amides is 1. The fourth-order valence-electron chi connectivity index (χ4n) is 1.40. The molecule has 0 aliphatic carbocycles. The Morgan fingerprint density at radius 2 is 2.43 bits per heavy atom. The zero-order valence-corrected chi connectivity index (χ0v) is 8.11. The molecule has 1 aliphatic rings. The first kappa shape index (κ1) is 9.21. The monoisotopic (exact) mass is 212 g/mol. The highest BCUT2D eigenvalue weighted by atomic mass is 35.5. The second-order valence-corrected chi connectivity index (χ2v) is 3.70. The van der Waals surface area contributed by atoms with Crippen molar-refractivity contribution in [1.29, 1.82) is 0 Å². The molecule has 0 saturated carbocycles. The summed E-state index contributed by atoms with van der Waals surface area (Å²) in [5.74, 6) is 0.655. The van der Waals surface area contributed by atoms with Crippen LogP contribution in [-0.4, -0.2) is 27.8 Å². The lowest BCUT2D eigenvalue weighted by Crippen LogP contribution is -2.25. The maximum absolute atomic E-state index is 11.4. The Balaban J connectivity index is 2.27. The van der Waals surface area contributed by atoms with E-state index in [1.807, 2.05) is 0 Å². The van der Waals surface area contributed by atoms with Crippen molar-refractivity contribution in [2.45, 2.75) is 11.8 Å². The van der Waals surface area contributed by atoms with E-state index in [1.165, 1.54) is 11.1 Å². The van der Waals surface area contributed by atoms with Crippen molar-refractivity contribution >= 4 is 29.3 Å². The molecular formula is C8H9ClN4O. The predicted octanol–water partition coefficient (Wildman–Crippen LogP) is 0.403. The topological polar surface area (TPSA) is 72.1 Å². The molecule has 0 bridgehead atoms. The Hall–Kier alpha value is -1.36. The first-order chi connectivity index (χ1) is 6.66. The van der Waals surface area contributed by atoms with E-state index in [1.54, 1.807) is 6.07 Å². The van der Waals surface area contributed by atoms with Crippen LogP contribution in [0.25, 0.3) is 0 Å². The van der Waals surface area contributed by atoms with Gasteiger partial charge in [-0.05, 0) is 6.07 Å². The minimum atomic E-state index is -0.140. The zero-order chi connectivity index (χ0) is 10.1. The Morgan fingerprint density at radius 3 is 3.00 bits per heavy atom. The number of carbonyl (C=O) groups is 1. The van der Waals surface area contributed by atoms with Gasteiger partial charge in [0.25, 0.3) is 0 Å². The third kappa shape index (κ3) is 1.63. The molecule has 2 heterocycles. The third-order valence-electron chi connectivity index (χ3n) is 2.01. The Bertz CT molecular complexity index is 370. The molecule has 0 spiro atoms. The van der Waals surface area contributed by atoms with Crippen molar-refractivity contribution in [2.24, 2.45) is 0 Å². The third-order valence-corrected chi connectivity index (χ3v) is 2.31. The maximum Gasteiger partial charge on any atom is 0.229 e. The van der Waals surface area contributed by atoms with Crippen molar-refractivity contribution in [2.75, 3.05) is 17.2 Å². The van der Waals surface area contributed by atoms with Gasteiger partial charge in [0.2, 0.25) is 11.9 Å². The van der Waals surface area contributed by atoms with Crippen molar-refractivity contribution in [1.82, 2.24) is 9.97 Å². The lowest BCUT2D eigenvalue weighted by Gasteiger charge is -2.13. The molecule has 1 saturated heterocycles. The molecule has 1 fully saturated rings. The average Bonchev–Trinajstić information content (AvgIpc) is 2.45. The first-order valence-electron chi connectivity index (χ1n) is 4.20. The summed E-state index contributed by atoms with van der Waals surface area (Å²) in [6.45, 7) is 0.483. The fraction of sp³-hybridized carbons (Fsp3) is 0.375. The molecule has 1 unspecified atom stereocenters. The quantitative estimate of drug-likeness (QED) is 0.685. The second-order valence-electron chi connectivity index (χ2n) is 3.08. The predicted molar refractivity (Wildman–Crippen MR) is 53.1 cm³/mol. The van der Waals surface area contributed by atoms with E-state index < -0.39 is 0 Å². The van der Waals surface area contributed by atoms with Crippen LogP contribution in [0.3, 0.4) is 0 Å². The van der Waals surface area contributed by atoms with Crippen LogP contribution < -0.4 is 10.6 Å². The maximum atomic E-state index is 11.4. The highest BCUT2D eigenvalue weighted by molar-refractivity contribution is 6.24. The normalized spacial score (nSPS) is 21.6. The number of aromatic nitrogens is 2. The van der Waals surface area contributed by atoms with Gasteiger partial charge in [0.15, 0.2) is 0 Å². The molecule has 1 aromatic rings. The second kappa shape index (κ2) is 3.42. The van der Waals surface area contributed by atoms with Gasteiger partial charge >= 0.3 is 0 Å². The molecular weight excluding hydrogens is 204 g/mol. The van der Waals surface area contributed by atoms with Crippen LogP contribution >= 0.6 is 11.6 Å². The number of hydrogen-bond acceptors (Lipinski definition) is 4. The largest absolute Gasteiger partial charge is 0.368 e. The van der Waals surface area contributed by atoms with Crippen molar-refractivity contribution in [3.05, 3.63) is 12.3 Å². The van der Waals surface area contributed by atoms with E-state index in [9.17, 15) is 4.79 Å². The number of nitrogen functional groups attached to an aromatic ring is 1. The van der Waals surface area contributed by atoms with Gasteiger partial charge in [-0.3, -0.25) is 9.69 Å². The van der Waals surface area contributed by atoms with Gasteiger partial charge < -0.3 is 5.73 Å². The summed E-state index contributed by atoms with van der Waals surface area (Å²) in [6, 6.07) is 1.64. The Morgan fingerprint density at radius 1 is 1.64 bits per heavy atom. The summed E-state index contributed by atoms with van der Waals surface area (Å²) in [5.41, 5.74) is 5.41. The molecule has 2 N–H and O–H groups in total. The summed E-state index contributed by atoms with van der Waals surface area (Å²) in [7, 11) is 0. The Labute approximate surface area is 85.9 Å². The van der Waals surface area contributed by atoms with Crippen molar-refractivity contribution < 1.29 is 4.79 Å². The SMILES string of the molecule is Nc1nccc(N2CC(Cl)CC2=O)n1. The molecule has 5 nitrogen and oxygen atoms in total. The lowest BCUT2D eigenvalue weighted by atomic mass is 10.4. The summed E-state index contributed by atoms with van der Waals surface area (Å²) >= 11 is 5.85. The fourth-order valence-corrected chi connectivity index (χ4v) is 1.67. The molecule has 2 rings (SSSR count). The van der Waals surface area contributed by atoms with Gasteiger partial charge in [0.05, 0.1) is 5.38 Å². The summed E-state index contributed by atoms with van der Waals surface area (Å²) in [6.07, 6.45) is 1.87. The number of anilines is 2. The number of hydrogen-bond donors (Lipinski definition) is 1. The van der Waals surface area contributed by atoms with E-state index in [4.69, 9.17) is 17.3 Å². The van der Waals surface area contributed by atoms with Crippen LogP contribution in [0.1, 0.15) is 6.42 Å². The van der Waals surface area contributed by atoms with Gasteiger partial charge in [-0.15, -0.1) is 11.6 Å². The number of halogens is 1. The highest BCUT2D eigenvalue weighted by Gasteiger charge is 2.29. The Kier molecular flexibility index (Phi) is 2.25. The van der Waals surface area contributed by atoms with Gasteiger partial charge in [-0.1, -0.05) is 0 Å². The molecule has 1 amide bonds. The summed E-state index contributed by atoms with van der Waals surface area (Å²) in [5, 5.41) is -0.140. The lowest BCUT2D eigenvalue weighted by molar-refractivity contribution is -0.117. The van der Waals surface area contributed by atoms with Crippen LogP contribution in [0.15, 0.2) is 12.3 Å². The van der Waals surface area contributed by atoms with Crippen molar-refractivity contribution in [3.8, 4) is 0 Å². The van der Waals surface area contributed by atoms with Gasteiger partial charge in [0, 0.05) is 19.2 Å². The van der Waals surface area contributed by atoms with Gasteiger partial charge in [0.1, 0.15) is 5.82 Å².